The van der Waals surface area contributed by atoms with Crippen LogP contribution < -0.4 is 21.5 Å². The van der Waals surface area contributed by atoms with Gasteiger partial charge in [-0.1, -0.05) is 18.2 Å². The van der Waals surface area contributed by atoms with Gasteiger partial charge in [0.1, 0.15) is 6.04 Å². The number of nitrogens with zero attached hydrogens (tertiary/aromatic N) is 2. The number of aromatic nitrogens is 2. The standard InChI is InChI=1S/C20H20N6O4/c27-15-5-4-14(18(29)24-15)26-9-11-3-1-2-10(16(11)19(26)30)6-22-20-23-13-8-21-7-12(13)17(28)25-20/h1-3,14,21H,4-9H2,(H,24,27,29)(H2,22,23,25,28). The fraction of sp³-hybridized carbons (Fsp3) is 0.350. The summed E-state index contributed by atoms with van der Waals surface area (Å²) in [4.78, 5) is 57.6. The lowest BCUT2D eigenvalue weighted by Gasteiger charge is -2.29. The Morgan fingerprint density at radius 2 is 2.03 bits per heavy atom. The lowest BCUT2D eigenvalue weighted by molar-refractivity contribution is -0.136. The molecule has 0 aliphatic carbocycles. The van der Waals surface area contributed by atoms with E-state index in [9.17, 15) is 19.2 Å². The Labute approximate surface area is 171 Å². The van der Waals surface area contributed by atoms with Gasteiger partial charge in [0.05, 0.1) is 11.3 Å². The van der Waals surface area contributed by atoms with Crippen LogP contribution in [0.15, 0.2) is 23.0 Å². The summed E-state index contributed by atoms with van der Waals surface area (Å²) in [5.74, 6) is -0.610. The summed E-state index contributed by atoms with van der Waals surface area (Å²) in [6.45, 7) is 1.68. The first-order valence-electron chi connectivity index (χ1n) is 9.83. The van der Waals surface area contributed by atoms with E-state index in [2.05, 4.69) is 25.9 Å². The minimum absolute atomic E-state index is 0.175. The summed E-state index contributed by atoms with van der Waals surface area (Å²) in [6.07, 6.45) is 0.545. The summed E-state index contributed by atoms with van der Waals surface area (Å²) in [7, 11) is 0. The molecule has 1 unspecified atom stereocenters. The Morgan fingerprint density at radius 1 is 1.17 bits per heavy atom. The second kappa shape index (κ2) is 7.06. The van der Waals surface area contributed by atoms with Gasteiger partial charge in [-0.2, -0.15) is 0 Å². The summed E-state index contributed by atoms with van der Waals surface area (Å²) in [5, 5.41) is 8.51. The molecular formula is C20H20N6O4. The van der Waals surface area contributed by atoms with Gasteiger partial charge in [0.25, 0.3) is 11.5 Å². The molecule has 3 amide bonds. The summed E-state index contributed by atoms with van der Waals surface area (Å²) >= 11 is 0. The van der Waals surface area contributed by atoms with Crippen molar-refractivity contribution in [3.8, 4) is 0 Å². The number of aromatic amines is 1. The Balaban J connectivity index is 1.36. The number of nitrogens with one attached hydrogen (secondary N) is 4. The van der Waals surface area contributed by atoms with Gasteiger partial charge in [-0.05, 0) is 17.5 Å². The van der Waals surface area contributed by atoms with Crippen LogP contribution in [0.2, 0.25) is 0 Å². The molecule has 0 radical (unpaired) electrons. The highest BCUT2D eigenvalue weighted by Gasteiger charge is 2.39. The monoisotopic (exact) mass is 408 g/mol. The highest BCUT2D eigenvalue weighted by Crippen LogP contribution is 2.30. The van der Waals surface area contributed by atoms with Gasteiger partial charge in [0.2, 0.25) is 17.8 Å². The number of carbonyl (C=O) groups is 3. The first-order chi connectivity index (χ1) is 14.5. The van der Waals surface area contributed by atoms with Crippen LogP contribution in [0.4, 0.5) is 5.95 Å². The van der Waals surface area contributed by atoms with Crippen LogP contribution in [-0.2, 0) is 35.8 Å². The van der Waals surface area contributed by atoms with Crippen LogP contribution in [0.1, 0.15) is 45.6 Å². The number of fused-ring (bicyclic) bond motifs is 2. The van der Waals surface area contributed by atoms with E-state index in [0.29, 0.717) is 49.7 Å². The van der Waals surface area contributed by atoms with Gasteiger partial charge < -0.3 is 15.5 Å². The van der Waals surface area contributed by atoms with Crippen LogP contribution >= 0.6 is 0 Å². The molecule has 3 aliphatic heterocycles. The van der Waals surface area contributed by atoms with Crippen LogP contribution in [-0.4, -0.2) is 38.6 Å². The zero-order valence-electron chi connectivity index (χ0n) is 16.1. The van der Waals surface area contributed by atoms with Crippen molar-refractivity contribution in [2.75, 3.05) is 5.32 Å². The third-order valence-corrected chi connectivity index (χ3v) is 5.78. The minimum atomic E-state index is -0.648. The van der Waals surface area contributed by atoms with E-state index in [1.165, 1.54) is 4.90 Å². The molecule has 30 heavy (non-hydrogen) atoms. The molecule has 1 fully saturated rings. The first-order valence-corrected chi connectivity index (χ1v) is 9.83. The SMILES string of the molecule is O=C1CCC(N2Cc3cccc(CNc4nc5c(c(=O)[nH]4)CNC5)c3C2=O)C(=O)N1. The number of hydrogen-bond donors (Lipinski definition) is 4. The normalized spacial score (nSPS) is 20.2. The van der Waals surface area contributed by atoms with E-state index >= 15 is 0 Å². The molecule has 10 nitrogen and oxygen atoms in total. The van der Waals surface area contributed by atoms with Crippen molar-refractivity contribution >= 4 is 23.7 Å². The molecule has 4 N–H and O–H groups in total. The van der Waals surface area contributed by atoms with E-state index in [1.807, 2.05) is 18.2 Å². The van der Waals surface area contributed by atoms with E-state index in [0.717, 1.165) is 16.8 Å². The van der Waals surface area contributed by atoms with E-state index in [1.54, 1.807) is 0 Å². The van der Waals surface area contributed by atoms with Gasteiger partial charge in [-0.3, -0.25) is 29.5 Å². The summed E-state index contributed by atoms with van der Waals surface area (Å²) < 4.78 is 0. The molecular weight excluding hydrogens is 388 g/mol. The lowest BCUT2D eigenvalue weighted by atomic mass is 10.0. The average Bonchev–Trinajstić information content (AvgIpc) is 3.32. The highest BCUT2D eigenvalue weighted by molar-refractivity contribution is 6.06. The van der Waals surface area contributed by atoms with Gasteiger partial charge in [-0.15, -0.1) is 0 Å². The minimum Gasteiger partial charge on any atom is -0.352 e. The van der Waals surface area contributed by atoms with E-state index in [-0.39, 0.29) is 23.8 Å². The van der Waals surface area contributed by atoms with Gasteiger partial charge in [-0.25, -0.2) is 4.98 Å². The zero-order chi connectivity index (χ0) is 20.8. The van der Waals surface area contributed by atoms with Crippen LogP contribution in [0.3, 0.4) is 0 Å². The summed E-state index contributed by atoms with van der Waals surface area (Å²) in [5.41, 5.74) is 3.35. The number of carbonyl (C=O) groups excluding carboxylic acids is 3. The number of H-pyrrole nitrogens is 1. The zero-order valence-corrected chi connectivity index (χ0v) is 16.1. The molecule has 1 saturated heterocycles. The smallest absolute Gasteiger partial charge is 0.257 e. The number of imide groups is 1. The van der Waals surface area contributed by atoms with Crippen molar-refractivity contribution in [2.24, 2.45) is 0 Å². The molecule has 0 saturated carbocycles. The molecule has 154 valence electrons. The lowest BCUT2D eigenvalue weighted by Crippen LogP contribution is -2.52. The molecule has 2 aromatic rings. The van der Waals surface area contributed by atoms with Crippen LogP contribution in [0, 0.1) is 0 Å². The van der Waals surface area contributed by atoms with Crippen LogP contribution in [0.25, 0.3) is 0 Å². The number of piperidine rings is 1. The maximum atomic E-state index is 13.1. The topological polar surface area (TPSA) is 136 Å². The maximum Gasteiger partial charge on any atom is 0.257 e. The molecule has 1 atom stereocenters. The highest BCUT2D eigenvalue weighted by atomic mass is 16.2. The van der Waals surface area contributed by atoms with Gasteiger partial charge in [0.15, 0.2) is 0 Å². The number of amides is 3. The Bertz CT molecular complexity index is 1140. The largest absolute Gasteiger partial charge is 0.352 e. The fourth-order valence-corrected chi connectivity index (χ4v) is 4.28. The molecule has 1 aromatic carbocycles. The second-order valence-corrected chi connectivity index (χ2v) is 7.65. The van der Waals surface area contributed by atoms with Gasteiger partial charge in [0, 0.05) is 38.2 Å². The molecule has 1 aromatic heterocycles. The molecule has 3 aliphatic rings. The Morgan fingerprint density at radius 3 is 2.87 bits per heavy atom. The van der Waals surface area contributed by atoms with Crippen molar-refractivity contribution < 1.29 is 14.4 Å². The number of benzene rings is 1. The van der Waals surface area contributed by atoms with Crippen molar-refractivity contribution in [1.29, 1.82) is 0 Å². The maximum absolute atomic E-state index is 13.1. The van der Waals surface area contributed by atoms with E-state index < -0.39 is 11.9 Å². The quantitative estimate of drug-likeness (QED) is 0.512. The third-order valence-electron chi connectivity index (χ3n) is 5.78. The number of rotatable bonds is 4. The Hall–Kier alpha value is -3.53. The summed E-state index contributed by atoms with van der Waals surface area (Å²) in [6, 6.07) is 4.92. The van der Waals surface area contributed by atoms with E-state index in [4.69, 9.17) is 0 Å². The predicted octanol–water partition coefficient (Wildman–Crippen LogP) is -0.254. The first kappa shape index (κ1) is 18.5. The average molecular weight is 408 g/mol. The molecule has 0 bridgehead atoms. The number of hydrogen-bond acceptors (Lipinski definition) is 7. The van der Waals surface area contributed by atoms with Crippen molar-refractivity contribution in [1.82, 2.24) is 25.5 Å². The molecule has 0 spiro atoms. The van der Waals surface area contributed by atoms with Crippen molar-refractivity contribution in [3.05, 3.63) is 56.5 Å². The molecule has 4 heterocycles. The fourth-order valence-electron chi connectivity index (χ4n) is 4.28. The molecule has 5 rings (SSSR count). The molecule has 10 heteroatoms. The predicted molar refractivity (Wildman–Crippen MR) is 105 cm³/mol. The third kappa shape index (κ3) is 3.05. The number of anilines is 1. The van der Waals surface area contributed by atoms with Crippen molar-refractivity contribution in [2.45, 2.75) is 45.1 Å². The second-order valence-electron chi connectivity index (χ2n) is 7.65. The van der Waals surface area contributed by atoms with Crippen molar-refractivity contribution in [3.63, 3.8) is 0 Å². The Kier molecular flexibility index (Phi) is 4.35. The van der Waals surface area contributed by atoms with Crippen LogP contribution in [0.5, 0.6) is 0 Å². The van der Waals surface area contributed by atoms with Gasteiger partial charge >= 0.3 is 0 Å².